The Kier molecular flexibility index (Phi) is 4.78. The third-order valence-electron chi connectivity index (χ3n) is 4.57. The lowest BCUT2D eigenvalue weighted by Crippen LogP contribution is -2.21. The van der Waals surface area contributed by atoms with Gasteiger partial charge in [0.25, 0.3) is 11.8 Å². The molecular weight excluding hydrogens is 354 g/mol. The van der Waals surface area contributed by atoms with Crippen LogP contribution in [0.25, 0.3) is 0 Å². The van der Waals surface area contributed by atoms with Crippen LogP contribution in [0.3, 0.4) is 0 Å². The normalized spacial score (nSPS) is 14.9. The van der Waals surface area contributed by atoms with E-state index in [1.807, 2.05) is 42.5 Å². The summed E-state index contributed by atoms with van der Waals surface area (Å²) in [6.07, 6.45) is -0.595. The lowest BCUT2D eigenvalue weighted by Gasteiger charge is -2.17. The Bertz CT molecular complexity index is 1020. The maximum absolute atomic E-state index is 12.6. The zero-order valence-corrected chi connectivity index (χ0v) is 15.2. The molecule has 0 saturated heterocycles. The number of hydrogen-bond donors (Lipinski definition) is 3. The van der Waals surface area contributed by atoms with Crippen LogP contribution in [0.4, 0.5) is 17.1 Å². The van der Waals surface area contributed by atoms with E-state index in [9.17, 15) is 9.59 Å². The first-order valence-electron chi connectivity index (χ1n) is 8.86. The van der Waals surface area contributed by atoms with E-state index in [2.05, 4.69) is 16.0 Å². The van der Waals surface area contributed by atoms with Gasteiger partial charge in [-0.3, -0.25) is 9.59 Å². The molecule has 0 aromatic heterocycles. The summed E-state index contributed by atoms with van der Waals surface area (Å²) < 4.78 is 5.45. The summed E-state index contributed by atoms with van der Waals surface area (Å²) in [6.45, 7) is 0. The number of carbonyl (C=O) groups is 2. The molecule has 0 aliphatic carbocycles. The molecule has 28 heavy (non-hydrogen) atoms. The second-order valence-corrected chi connectivity index (χ2v) is 6.35. The third-order valence-corrected chi connectivity index (χ3v) is 4.57. The molecule has 3 aromatic carbocycles. The second kappa shape index (κ2) is 7.54. The third kappa shape index (κ3) is 3.33. The predicted molar refractivity (Wildman–Crippen MR) is 108 cm³/mol. The van der Waals surface area contributed by atoms with E-state index in [1.165, 1.54) is 7.11 Å². The van der Waals surface area contributed by atoms with Gasteiger partial charge in [0.2, 0.25) is 0 Å². The summed E-state index contributed by atoms with van der Waals surface area (Å²) in [6, 6.07) is 22.1. The molecule has 2 amide bonds. The second-order valence-electron chi connectivity index (χ2n) is 6.35. The lowest BCUT2D eigenvalue weighted by atomic mass is 10.0. The van der Waals surface area contributed by atoms with Crippen molar-refractivity contribution in [3.63, 3.8) is 0 Å². The van der Waals surface area contributed by atoms with Crippen LogP contribution in [-0.2, 0) is 4.74 Å². The van der Waals surface area contributed by atoms with Crippen LogP contribution in [0, 0.1) is 0 Å². The SMILES string of the molecule is COC1NC(=O)c2c(NC(=O)c3ccccc3)ccc(Nc3ccccc3)c21. The molecule has 1 aliphatic heterocycles. The van der Waals surface area contributed by atoms with Gasteiger partial charge in [0.1, 0.15) is 0 Å². The number of para-hydroxylation sites is 1. The number of hydrogen-bond acceptors (Lipinski definition) is 4. The van der Waals surface area contributed by atoms with Crippen molar-refractivity contribution in [3.8, 4) is 0 Å². The van der Waals surface area contributed by atoms with Crippen molar-refractivity contribution >= 4 is 28.9 Å². The molecule has 140 valence electrons. The molecule has 0 spiro atoms. The van der Waals surface area contributed by atoms with E-state index in [1.54, 1.807) is 30.3 Å². The number of fused-ring (bicyclic) bond motifs is 1. The predicted octanol–water partition coefficient (Wildman–Crippen LogP) is 4.07. The minimum Gasteiger partial charge on any atom is -0.357 e. The van der Waals surface area contributed by atoms with Crippen molar-refractivity contribution < 1.29 is 14.3 Å². The molecule has 1 aliphatic rings. The van der Waals surface area contributed by atoms with Crippen molar-refractivity contribution in [1.82, 2.24) is 5.32 Å². The number of methoxy groups -OCH3 is 1. The fourth-order valence-corrected chi connectivity index (χ4v) is 3.25. The standard InChI is InChI=1S/C22H19N3O3/c1-28-22-19-17(23-15-10-6-3-7-11-15)13-12-16(18(19)21(27)25-22)24-20(26)14-8-4-2-5-9-14/h2-13,22-23H,1H3,(H,24,26)(H,25,27). The number of anilines is 3. The summed E-state index contributed by atoms with van der Waals surface area (Å²) in [7, 11) is 1.53. The molecule has 0 fully saturated rings. The Morgan fingerprint density at radius 1 is 0.929 bits per heavy atom. The van der Waals surface area contributed by atoms with Gasteiger partial charge in [-0.25, -0.2) is 0 Å². The highest BCUT2D eigenvalue weighted by molar-refractivity contribution is 6.11. The highest BCUT2D eigenvalue weighted by atomic mass is 16.5. The van der Waals surface area contributed by atoms with E-state index in [-0.39, 0.29) is 11.8 Å². The number of ether oxygens (including phenoxy) is 1. The van der Waals surface area contributed by atoms with Crippen LogP contribution in [0.15, 0.2) is 72.8 Å². The Labute approximate surface area is 162 Å². The van der Waals surface area contributed by atoms with Gasteiger partial charge in [0, 0.05) is 29.6 Å². The van der Waals surface area contributed by atoms with E-state index in [4.69, 9.17) is 4.74 Å². The Morgan fingerprint density at radius 3 is 2.25 bits per heavy atom. The van der Waals surface area contributed by atoms with Crippen LogP contribution in [0.2, 0.25) is 0 Å². The molecule has 3 aromatic rings. The molecule has 1 unspecified atom stereocenters. The van der Waals surface area contributed by atoms with Gasteiger partial charge in [0.05, 0.1) is 11.3 Å². The number of carbonyl (C=O) groups excluding carboxylic acids is 2. The molecule has 6 heteroatoms. The molecule has 0 saturated carbocycles. The minimum atomic E-state index is -0.595. The van der Waals surface area contributed by atoms with Crippen LogP contribution in [0.5, 0.6) is 0 Å². The first-order chi connectivity index (χ1) is 13.7. The molecule has 3 N–H and O–H groups in total. The molecule has 0 radical (unpaired) electrons. The fraction of sp³-hybridized carbons (Fsp3) is 0.0909. The zero-order valence-electron chi connectivity index (χ0n) is 15.2. The smallest absolute Gasteiger partial charge is 0.256 e. The van der Waals surface area contributed by atoms with E-state index < -0.39 is 6.23 Å². The fourth-order valence-electron chi connectivity index (χ4n) is 3.25. The minimum absolute atomic E-state index is 0.278. The van der Waals surface area contributed by atoms with Crippen molar-refractivity contribution in [2.45, 2.75) is 6.23 Å². The summed E-state index contributed by atoms with van der Waals surface area (Å²) in [5.74, 6) is -0.567. The zero-order chi connectivity index (χ0) is 19.5. The highest BCUT2D eigenvalue weighted by Gasteiger charge is 2.34. The largest absolute Gasteiger partial charge is 0.357 e. The van der Waals surface area contributed by atoms with Gasteiger partial charge >= 0.3 is 0 Å². The number of nitrogens with one attached hydrogen (secondary N) is 3. The van der Waals surface area contributed by atoms with Gasteiger partial charge in [-0.1, -0.05) is 36.4 Å². The van der Waals surface area contributed by atoms with Gasteiger partial charge in [-0.2, -0.15) is 0 Å². The Balaban J connectivity index is 1.72. The van der Waals surface area contributed by atoms with Crippen LogP contribution in [0.1, 0.15) is 32.5 Å². The van der Waals surface area contributed by atoms with Gasteiger partial charge in [-0.05, 0) is 36.4 Å². The topological polar surface area (TPSA) is 79.5 Å². The molecule has 6 nitrogen and oxygen atoms in total. The number of amides is 2. The summed E-state index contributed by atoms with van der Waals surface area (Å²) in [4.78, 5) is 25.2. The van der Waals surface area contributed by atoms with Crippen molar-refractivity contribution in [2.75, 3.05) is 17.7 Å². The van der Waals surface area contributed by atoms with E-state index in [0.29, 0.717) is 22.4 Å². The summed E-state index contributed by atoms with van der Waals surface area (Å²) in [5, 5.41) is 8.95. The molecule has 4 rings (SSSR count). The molecular formula is C22H19N3O3. The van der Waals surface area contributed by atoms with Crippen LogP contribution >= 0.6 is 0 Å². The van der Waals surface area contributed by atoms with Gasteiger partial charge in [-0.15, -0.1) is 0 Å². The van der Waals surface area contributed by atoms with Crippen molar-refractivity contribution in [1.29, 1.82) is 0 Å². The van der Waals surface area contributed by atoms with Gasteiger partial charge < -0.3 is 20.7 Å². The Morgan fingerprint density at radius 2 is 1.57 bits per heavy atom. The summed E-state index contributed by atoms with van der Waals surface area (Å²) >= 11 is 0. The first kappa shape index (κ1) is 17.8. The quantitative estimate of drug-likeness (QED) is 0.630. The van der Waals surface area contributed by atoms with Crippen molar-refractivity contribution in [2.24, 2.45) is 0 Å². The molecule has 1 atom stereocenters. The summed E-state index contributed by atoms with van der Waals surface area (Å²) in [5.41, 5.74) is 3.66. The van der Waals surface area contributed by atoms with Gasteiger partial charge in [0.15, 0.2) is 6.23 Å². The molecule has 0 bridgehead atoms. The maximum Gasteiger partial charge on any atom is 0.256 e. The monoisotopic (exact) mass is 373 g/mol. The first-order valence-corrected chi connectivity index (χ1v) is 8.86. The maximum atomic E-state index is 12.6. The highest BCUT2D eigenvalue weighted by Crippen LogP contribution is 2.38. The average molecular weight is 373 g/mol. The number of benzene rings is 3. The van der Waals surface area contributed by atoms with Crippen molar-refractivity contribution in [3.05, 3.63) is 89.5 Å². The Hall–Kier alpha value is -3.64. The van der Waals surface area contributed by atoms with Crippen LogP contribution in [-0.4, -0.2) is 18.9 Å². The van der Waals surface area contributed by atoms with E-state index in [0.717, 1.165) is 11.4 Å². The van der Waals surface area contributed by atoms with Crippen LogP contribution < -0.4 is 16.0 Å². The number of rotatable bonds is 5. The molecule has 1 heterocycles. The average Bonchev–Trinajstić information content (AvgIpc) is 3.08. The lowest BCUT2D eigenvalue weighted by molar-refractivity contribution is 0.0669. The van der Waals surface area contributed by atoms with E-state index >= 15 is 0 Å².